The number of aryl methyl sites for hydroxylation is 1. The van der Waals surface area contributed by atoms with Gasteiger partial charge in [0.2, 0.25) is 10.0 Å². The molecule has 3 rings (SSSR count). The number of carbonyl (C=O) groups is 1. The van der Waals surface area contributed by atoms with Crippen LogP contribution in [-0.2, 0) is 22.9 Å². The van der Waals surface area contributed by atoms with Gasteiger partial charge in [-0.05, 0) is 42.2 Å². The summed E-state index contributed by atoms with van der Waals surface area (Å²) in [5, 5.41) is 0. The third kappa shape index (κ3) is 3.26. The average Bonchev–Trinajstić information content (AvgIpc) is 3.03. The number of fused-ring (bicyclic) bond motifs is 1. The summed E-state index contributed by atoms with van der Waals surface area (Å²) in [7, 11) is -1.58. The second-order valence-corrected chi connectivity index (χ2v) is 8.18. The number of benzene rings is 2. The molecule has 2 aromatic carbocycles. The van der Waals surface area contributed by atoms with Crippen LogP contribution in [0.4, 0.5) is 11.4 Å². The summed E-state index contributed by atoms with van der Waals surface area (Å²) in [6.07, 6.45) is 2.70. The molecule has 0 unspecified atom stereocenters. The molecule has 5 nitrogen and oxygen atoms in total. The molecule has 1 aliphatic rings. The van der Waals surface area contributed by atoms with E-state index in [1.54, 1.807) is 24.1 Å². The van der Waals surface area contributed by atoms with Crippen LogP contribution >= 0.6 is 0 Å². The summed E-state index contributed by atoms with van der Waals surface area (Å²) in [6.45, 7) is 2.48. The fourth-order valence-corrected chi connectivity index (χ4v) is 4.22. The normalized spacial score (nSPS) is 13.6. The number of anilines is 2. The number of amides is 1. The van der Waals surface area contributed by atoms with Crippen LogP contribution in [0.3, 0.4) is 0 Å². The topological polar surface area (TPSA) is 57.7 Å². The van der Waals surface area contributed by atoms with Crippen molar-refractivity contribution >= 4 is 27.3 Å². The lowest BCUT2D eigenvalue weighted by Gasteiger charge is -2.22. The number of nitrogens with zero attached hydrogens (tertiary/aromatic N) is 2. The largest absolute Gasteiger partial charge is 0.311 e. The zero-order chi connectivity index (χ0) is 18.2. The summed E-state index contributed by atoms with van der Waals surface area (Å²) in [5.41, 5.74) is 4.03. The van der Waals surface area contributed by atoms with Gasteiger partial charge in [-0.15, -0.1) is 0 Å². The Hall–Kier alpha value is -2.34. The van der Waals surface area contributed by atoms with E-state index in [1.165, 1.54) is 10.6 Å². The maximum atomic E-state index is 12.9. The van der Waals surface area contributed by atoms with Gasteiger partial charge in [0, 0.05) is 24.8 Å². The highest BCUT2D eigenvalue weighted by atomic mass is 32.2. The highest BCUT2D eigenvalue weighted by Gasteiger charge is 2.27. The van der Waals surface area contributed by atoms with E-state index in [0.717, 1.165) is 23.2 Å². The molecule has 132 valence electrons. The molecule has 0 radical (unpaired) electrons. The summed E-state index contributed by atoms with van der Waals surface area (Å²) in [4.78, 5) is 14.6. The smallest absolute Gasteiger partial charge is 0.258 e. The molecule has 0 aliphatic carbocycles. The van der Waals surface area contributed by atoms with Crippen molar-refractivity contribution in [2.75, 3.05) is 29.1 Å². The lowest BCUT2D eigenvalue weighted by atomic mass is 10.1. The Morgan fingerprint density at radius 3 is 2.60 bits per heavy atom. The van der Waals surface area contributed by atoms with Gasteiger partial charge in [-0.3, -0.25) is 9.10 Å². The van der Waals surface area contributed by atoms with Gasteiger partial charge in [0.05, 0.1) is 11.9 Å². The van der Waals surface area contributed by atoms with Crippen LogP contribution in [0.1, 0.15) is 28.4 Å². The number of para-hydroxylation sites is 1. The van der Waals surface area contributed by atoms with Gasteiger partial charge in [0.1, 0.15) is 0 Å². The SMILES string of the molecule is CCc1ccccc1N(C)C(=O)c1ccc2c(c1)N(S(C)(=O)=O)CC2. The van der Waals surface area contributed by atoms with Crippen LogP contribution in [0.15, 0.2) is 42.5 Å². The molecule has 25 heavy (non-hydrogen) atoms. The molecule has 6 heteroatoms. The van der Waals surface area contributed by atoms with Gasteiger partial charge in [-0.1, -0.05) is 31.2 Å². The first-order valence-electron chi connectivity index (χ1n) is 8.29. The van der Waals surface area contributed by atoms with E-state index in [4.69, 9.17) is 0 Å². The number of hydrogen-bond donors (Lipinski definition) is 0. The predicted molar refractivity (Wildman–Crippen MR) is 101 cm³/mol. The summed E-state index contributed by atoms with van der Waals surface area (Å²) < 4.78 is 25.3. The molecule has 0 atom stereocenters. The van der Waals surface area contributed by atoms with Crippen molar-refractivity contribution in [3.8, 4) is 0 Å². The van der Waals surface area contributed by atoms with Crippen molar-refractivity contribution in [3.05, 3.63) is 59.2 Å². The second kappa shape index (κ2) is 6.52. The summed E-state index contributed by atoms with van der Waals surface area (Å²) in [5.74, 6) is -0.149. The maximum absolute atomic E-state index is 12.9. The Morgan fingerprint density at radius 2 is 1.92 bits per heavy atom. The minimum absolute atomic E-state index is 0.149. The van der Waals surface area contributed by atoms with E-state index >= 15 is 0 Å². The Kier molecular flexibility index (Phi) is 4.56. The lowest BCUT2D eigenvalue weighted by Crippen LogP contribution is -2.29. The number of hydrogen-bond acceptors (Lipinski definition) is 3. The lowest BCUT2D eigenvalue weighted by molar-refractivity contribution is 0.0993. The first-order valence-corrected chi connectivity index (χ1v) is 10.1. The molecule has 0 fully saturated rings. The molecular formula is C19H22N2O3S. The fraction of sp³-hybridized carbons (Fsp3) is 0.316. The van der Waals surface area contributed by atoms with Crippen molar-refractivity contribution < 1.29 is 13.2 Å². The van der Waals surface area contributed by atoms with Crippen molar-refractivity contribution in [2.24, 2.45) is 0 Å². The zero-order valence-corrected chi connectivity index (χ0v) is 15.5. The van der Waals surface area contributed by atoms with Gasteiger partial charge >= 0.3 is 0 Å². The quantitative estimate of drug-likeness (QED) is 0.844. The van der Waals surface area contributed by atoms with Gasteiger partial charge in [0.25, 0.3) is 5.91 Å². The van der Waals surface area contributed by atoms with E-state index in [2.05, 4.69) is 6.92 Å². The molecule has 2 aromatic rings. The first kappa shape index (κ1) is 17.5. The third-order valence-corrected chi connectivity index (χ3v) is 5.80. The van der Waals surface area contributed by atoms with Gasteiger partial charge in [-0.2, -0.15) is 0 Å². The van der Waals surface area contributed by atoms with Crippen LogP contribution < -0.4 is 9.21 Å². The van der Waals surface area contributed by atoms with Gasteiger partial charge < -0.3 is 4.90 Å². The first-order chi connectivity index (χ1) is 11.8. The molecule has 0 N–H and O–H groups in total. The number of carbonyl (C=O) groups excluding carboxylic acids is 1. The highest BCUT2D eigenvalue weighted by Crippen LogP contribution is 2.32. The molecule has 1 heterocycles. The van der Waals surface area contributed by atoms with Gasteiger partial charge in [0.15, 0.2) is 0 Å². The third-order valence-electron chi connectivity index (χ3n) is 4.62. The average molecular weight is 358 g/mol. The second-order valence-electron chi connectivity index (χ2n) is 6.28. The monoisotopic (exact) mass is 358 g/mol. The molecule has 0 aromatic heterocycles. The van der Waals surface area contributed by atoms with Crippen molar-refractivity contribution in [2.45, 2.75) is 19.8 Å². The van der Waals surface area contributed by atoms with Crippen LogP contribution in [0.2, 0.25) is 0 Å². The standard InChI is InChI=1S/C19H22N2O3S/c1-4-14-7-5-6-8-17(14)20(2)19(22)16-10-9-15-11-12-21(18(15)13-16)25(3,23)24/h5-10,13H,4,11-12H2,1-3H3. The Morgan fingerprint density at radius 1 is 1.20 bits per heavy atom. The highest BCUT2D eigenvalue weighted by molar-refractivity contribution is 7.92. The molecule has 1 aliphatic heterocycles. The number of sulfonamides is 1. The van der Waals surface area contributed by atoms with E-state index in [-0.39, 0.29) is 5.91 Å². The summed E-state index contributed by atoms with van der Waals surface area (Å²) in [6, 6.07) is 13.1. The van der Waals surface area contributed by atoms with E-state index in [0.29, 0.717) is 24.2 Å². The minimum Gasteiger partial charge on any atom is -0.311 e. The predicted octanol–water partition coefficient (Wildman–Crippen LogP) is 2.85. The Balaban J connectivity index is 1.96. The zero-order valence-electron chi connectivity index (χ0n) is 14.7. The van der Waals surface area contributed by atoms with E-state index < -0.39 is 10.0 Å². The molecule has 0 spiro atoms. The minimum atomic E-state index is -3.33. The van der Waals surface area contributed by atoms with Crippen molar-refractivity contribution in [1.82, 2.24) is 0 Å². The molecule has 0 bridgehead atoms. The number of rotatable bonds is 4. The molecule has 1 amide bonds. The Bertz CT molecular complexity index is 922. The maximum Gasteiger partial charge on any atom is 0.258 e. The fourth-order valence-electron chi connectivity index (χ4n) is 3.27. The molecule has 0 saturated heterocycles. The van der Waals surface area contributed by atoms with Crippen LogP contribution in [0, 0.1) is 0 Å². The van der Waals surface area contributed by atoms with Crippen LogP contribution in [0.5, 0.6) is 0 Å². The Labute approximate surface area is 148 Å². The molecule has 0 saturated carbocycles. The van der Waals surface area contributed by atoms with Gasteiger partial charge in [-0.25, -0.2) is 8.42 Å². The summed E-state index contributed by atoms with van der Waals surface area (Å²) >= 11 is 0. The van der Waals surface area contributed by atoms with E-state index in [9.17, 15) is 13.2 Å². The van der Waals surface area contributed by atoms with Crippen molar-refractivity contribution in [3.63, 3.8) is 0 Å². The van der Waals surface area contributed by atoms with Crippen molar-refractivity contribution in [1.29, 1.82) is 0 Å². The van der Waals surface area contributed by atoms with Crippen LogP contribution in [-0.4, -0.2) is 34.2 Å². The molecular weight excluding hydrogens is 336 g/mol. The van der Waals surface area contributed by atoms with E-state index in [1.807, 2.05) is 30.3 Å². The van der Waals surface area contributed by atoms with Crippen LogP contribution in [0.25, 0.3) is 0 Å².